The molecule has 0 saturated carbocycles. The summed E-state index contributed by atoms with van der Waals surface area (Å²) in [5.74, 6) is 5.84. The number of hydrogen-bond acceptors (Lipinski definition) is 5. The molecule has 2 heterocycles. The highest BCUT2D eigenvalue weighted by Crippen LogP contribution is 2.20. The summed E-state index contributed by atoms with van der Waals surface area (Å²) in [7, 11) is 0. The van der Waals surface area contributed by atoms with E-state index in [9.17, 15) is 4.79 Å². The van der Waals surface area contributed by atoms with Crippen molar-refractivity contribution in [3.63, 3.8) is 0 Å². The van der Waals surface area contributed by atoms with Gasteiger partial charge in [0.1, 0.15) is 6.61 Å². The van der Waals surface area contributed by atoms with Gasteiger partial charge in [0.05, 0.1) is 22.0 Å². The average molecular weight is 290 g/mol. The molecule has 0 unspecified atom stereocenters. The molecule has 2 aromatic rings. The zero-order chi connectivity index (χ0) is 14.5. The summed E-state index contributed by atoms with van der Waals surface area (Å²) in [4.78, 5) is 13.4. The minimum Gasteiger partial charge on any atom is -0.384 e. The quantitative estimate of drug-likeness (QED) is 0.842. The van der Waals surface area contributed by atoms with Crippen LogP contribution in [0.25, 0.3) is 0 Å². The topological polar surface area (TPSA) is 75.4 Å². The standard InChI is InChI=1S/C14H14N2O3S/c1-9-6-13(20-12(9)4-3-5-17)14(18)15-8-11-7-10(2)16-19-11/h6-7,17H,5,8H2,1-2H3,(H,15,18). The number of hydrogen-bond donors (Lipinski definition) is 2. The summed E-state index contributed by atoms with van der Waals surface area (Å²) >= 11 is 1.30. The third kappa shape index (κ3) is 3.47. The van der Waals surface area contributed by atoms with Crippen LogP contribution in [0.5, 0.6) is 0 Å². The molecule has 2 rings (SSSR count). The number of aliphatic hydroxyl groups is 1. The SMILES string of the molecule is Cc1cc(CNC(=O)c2cc(C)c(C#CCO)s2)on1. The number of amides is 1. The Bertz CT molecular complexity index is 676. The minimum absolute atomic E-state index is 0.177. The summed E-state index contributed by atoms with van der Waals surface area (Å²) in [6.45, 7) is 3.82. The number of aryl methyl sites for hydroxylation is 2. The van der Waals surface area contributed by atoms with Gasteiger partial charge >= 0.3 is 0 Å². The lowest BCUT2D eigenvalue weighted by molar-refractivity contribution is 0.0951. The zero-order valence-corrected chi connectivity index (χ0v) is 12.0. The maximum absolute atomic E-state index is 12.0. The van der Waals surface area contributed by atoms with Crippen LogP contribution in [-0.2, 0) is 6.54 Å². The Balaban J connectivity index is 2.02. The highest BCUT2D eigenvalue weighted by atomic mass is 32.1. The van der Waals surface area contributed by atoms with Gasteiger partial charge in [-0.15, -0.1) is 11.3 Å². The van der Waals surface area contributed by atoms with Crippen molar-refractivity contribution in [2.45, 2.75) is 20.4 Å². The highest BCUT2D eigenvalue weighted by Gasteiger charge is 2.12. The van der Waals surface area contributed by atoms with Gasteiger partial charge in [0, 0.05) is 6.07 Å². The molecular weight excluding hydrogens is 276 g/mol. The van der Waals surface area contributed by atoms with Crippen LogP contribution in [0.1, 0.15) is 31.6 Å². The van der Waals surface area contributed by atoms with Gasteiger partial charge in [-0.3, -0.25) is 4.79 Å². The van der Waals surface area contributed by atoms with Gasteiger partial charge in [-0.25, -0.2) is 0 Å². The number of carbonyl (C=O) groups excluding carboxylic acids is 1. The lowest BCUT2D eigenvalue weighted by Crippen LogP contribution is -2.21. The monoisotopic (exact) mass is 290 g/mol. The smallest absolute Gasteiger partial charge is 0.261 e. The van der Waals surface area contributed by atoms with E-state index in [1.165, 1.54) is 11.3 Å². The van der Waals surface area contributed by atoms with Gasteiger partial charge in [0.15, 0.2) is 5.76 Å². The first-order valence-corrected chi connectivity index (χ1v) is 6.82. The maximum atomic E-state index is 12.0. The average Bonchev–Trinajstić information content (AvgIpc) is 3.00. The Morgan fingerprint density at radius 1 is 1.50 bits per heavy atom. The van der Waals surface area contributed by atoms with Crippen molar-refractivity contribution < 1.29 is 14.4 Å². The molecule has 0 bridgehead atoms. The first kappa shape index (κ1) is 14.3. The Labute approximate surface area is 120 Å². The molecule has 0 aromatic carbocycles. The van der Waals surface area contributed by atoms with E-state index in [0.29, 0.717) is 17.2 Å². The van der Waals surface area contributed by atoms with Gasteiger partial charge in [-0.05, 0) is 25.5 Å². The first-order valence-electron chi connectivity index (χ1n) is 6.00. The van der Waals surface area contributed by atoms with Gasteiger partial charge in [0.25, 0.3) is 5.91 Å². The van der Waals surface area contributed by atoms with Crippen LogP contribution in [0.3, 0.4) is 0 Å². The van der Waals surface area contributed by atoms with Crippen LogP contribution in [0.4, 0.5) is 0 Å². The van der Waals surface area contributed by atoms with E-state index < -0.39 is 0 Å². The Morgan fingerprint density at radius 3 is 2.95 bits per heavy atom. The van der Waals surface area contributed by atoms with Gasteiger partial charge in [0.2, 0.25) is 0 Å². The summed E-state index contributed by atoms with van der Waals surface area (Å²) < 4.78 is 5.02. The van der Waals surface area contributed by atoms with E-state index in [-0.39, 0.29) is 12.5 Å². The number of aliphatic hydroxyl groups excluding tert-OH is 1. The Morgan fingerprint density at radius 2 is 2.30 bits per heavy atom. The fourth-order valence-corrected chi connectivity index (χ4v) is 2.56. The van der Waals surface area contributed by atoms with Gasteiger partial charge < -0.3 is 14.9 Å². The fourth-order valence-electron chi connectivity index (χ4n) is 1.59. The van der Waals surface area contributed by atoms with Crippen LogP contribution < -0.4 is 5.32 Å². The zero-order valence-electron chi connectivity index (χ0n) is 11.2. The minimum atomic E-state index is -0.191. The molecule has 20 heavy (non-hydrogen) atoms. The Kier molecular flexibility index (Phi) is 4.56. The normalized spacial score (nSPS) is 9.95. The van der Waals surface area contributed by atoms with Crippen molar-refractivity contribution in [3.05, 3.63) is 38.9 Å². The summed E-state index contributed by atoms with van der Waals surface area (Å²) in [5.41, 5.74) is 1.71. The number of thiophene rings is 1. The molecule has 1 amide bonds. The lowest BCUT2D eigenvalue weighted by Gasteiger charge is -1.99. The molecule has 0 atom stereocenters. The molecule has 104 valence electrons. The fraction of sp³-hybridized carbons (Fsp3) is 0.286. The molecule has 6 heteroatoms. The van der Waals surface area contributed by atoms with Gasteiger partial charge in [-0.1, -0.05) is 17.0 Å². The van der Waals surface area contributed by atoms with E-state index in [1.807, 2.05) is 13.8 Å². The molecule has 0 fully saturated rings. The molecule has 2 N–H and O–H groups in total. The van der Waals surface area contributed by atoms with Crippen molar-refractivity contribution in [3.8, 4) is 11.8 Å². The third-order valence-electron chi connectivity index (χ3n) is 2.52. The molecule has 0 aliphatic heterocycles. The van der Waals surface area contributed by atoms with E-state index in [0.717, 1.165) is 16.1 Å². The molecule has 5 nitrogen and oxygen atoms in total. The first-order chi connectivity index (χ1) is 9.60. The lowest BCUT2D eigenvalue weighted by atomic mass is 10.2. The van der Waals surface area contributed by atoms with Crippen LogP contribution in [-0.4, -0.2) is 22.8 Å². The molecule has 0 aliphatic carbocycles. The third-order valence-corrected chi connectivity index (χ3v) is 3.67. The molecule has 0 saturated heterocycles. The van der Waals surface area contributed by atoms with Crippen molar-refractivity contribution in [1.29, 1.82) is 0 Å². The van der Waals surface area contributed by atoms with E-state index in [4.69, 9.17) is 9.63 Å². The van der Waals surface area contributed by atoms with Crippen LogP contribution >= 0.6 is 11.3 Å². The summed E-state index contributed by atoms with van der Waals surface area (Å²) in [6.07, 6.45) is 0. The second kappa shape index (κ2) is 6.37. The number of nitrogens with one attached hydrogen (secondary N) is 1. The maximum Gasteiger partial charge on any atom is 0.261 e. The van der Waals surface area contributed by atoms with E-state index in [1.54, 1.807) is 12.1 Å². The summed E-state index contributed by atoms with van der Waals surface area (Å²) in [6, 6.07) is 3.56. The predicted molar refractivity (Wildman–Crippen MR) is 75.4 cm³/mol. The highest BCUT2D eigenvalue weighted by molar-refractivity contribution is 7.14. The predicted octanol–water partition coefficient (Wildman–Crippen LogP) is 1.63. The van der Waals surface area contributed by atoms with Crippen molar-refractivity contribution in [2.24, 2.45) is 0 Å². The molecule has 0 spiro atoms. The Hall–Kier alpha value is -2.10. The number of nitrogens with zero attached hydrogens (tertiary/aromatic N) is 1. The van der Waals surface area contributed by atoms with Crippen molar-refractivity contribution >= 4 is 17.2 Å². The molecule has 0 aliphatic rings. The molecular formula is C14H14N2O3S. The van der Waals surface area contributed by atoms with Gasteiger partial charge in [-0.2, -0.15) is 0 Å². The number of carbonyl (C=O) groups is 1. The molecule has 0 radical (unpaired) electrons. The van der Waals surface area contributed by atoms with E-state index in [2.05, 4.69) is 22.3 Å². The summed E-state index contributed by atoms with van der Waals surface area (Å²) in [5, 5.41) is 15.2. The van der Waals surface area contributed by atoms with Crippen LogP contribution in [0.2, 0.25) is 0 Å². The second-order valence-electron chi connectivity index (χ2n) is 4.20. The number of aromatic nitrogens is 1. The van der Waals surface area contributed by atoms with Crippen LogP contribution in [0.15, 0.2) is 16.7 Å². The number of rotatable bonds is 3. The van der Waals surface area contributed by atoms with Crippen LogP contribution in [0, 0.1) is 25.7 Å². The molecule has 2 aromatic heterocycles. The second-order valence-corrected chi connectivity index (χ2v) is 5.25. The van der Waals surface area contributed by atoms with Crippen molar-refractivity contribution in [1.82, 2.24) is 10.5 Å². The van der Waals surface area contributed by atoms with Crippen molar-refractivity contribution in [2.75, 3.05) is 6.61 Å². The largest absolute Gasteiger partial charge is 0.384 e. The van der Waals surface area contributed by atoms with E-state index >= 15 is 0 Å².